The van der Waals surface area contributed by atoms with Crippen molar-refractivity contribution >= 4 is 137 Å². The maximum Gasteiger partial charge on any atom is 0.270 e. The molecule has 4 saturated heterocycles. The highest BCUT2D eigenvalue weighted by molar-refractivity contribution is 6.32. The number of nitro groups is 1. The number of nitro benzene ring substituents is 1. The van der Waals surface area contributed by atoms with Crippen LogP contribution in [-0.4, -0.2) is 170 Å². The number of halogens is 2. The molecule has 0 saturated carbocycles. The fourth-order valence-electron chi connectivity index (χ4n) is 20.5. The maximum atomic E-state index is 13.2. The summed E-state index contributed by atoms with van der Waals surface area (Å²) >= 11 is 13.1. The lowest BCUT2D eigenvalue weighted by Gasteiger charge is -2.39. The number of amides is 6. The number of aryl methyl sites for hydroxylation is 6. The number of Topliss-reactive ketones (excluding diaryl/α,β-unsaturated/α-hetero) is 2. The van der Waals surface area contributed by atoms with Gasteiger partial charge in [0.05, 0.1) is 41.1 Å². The van der Waals surface area contributed by atoms with E-state index in [1.165, 1.54) is 78.1 Å². The van der Waals surface area contributed by atoms with Gasteiger partial charge in [0.25, 0.3) is 5.69 Å². The molecule has 4 aliphatic heterocycles. The van der Waals surface area contributed by atoms with Crippen molar-refractivity contribution in [1.29, 1.82) is 5.41 Å². The molecule has 3 N–H and O–H groups in total. The average molecular weight is 1830 g/mol. The first kappa shape index (κ1) is 94.5. The molecule has 7 aliphatic rings. The third kappa shape index (κ3) is 20.3. The van der Waals surface area contributed by atoms with Gasteiger partial charge < -0.3 is 53.9 Å². The normalized spacial score (nSPS) is 16.1. The van der Waals surface area contributed by atoms with Crippen LogP contribution < -0.4 is 10.6 Å². The second-order valence-corrected chi connectivity index (χ2v) is 37.7. The minimum atomic E-state index is -0.383. The second kappa shape index (κ2) is 40.9. The number of pyridine rings is 2. The van der Waals surface area contributed by atoms with Gasteiger partial charge in [-0.15, -0.1) is 0 Å². The summed E-state index contributed by atoms with van der Waals surface area (Å²) in [5.41, 5.74) is 26.3. The molecule has 1 unspecified atom stereocenters. The monoisotopic (exact) mass is 1830 g/mol. The molecule has 0 bridgehead atoms. The average Bonchev–Trinajstić information content (AvgIpc) is 1.59. The van der Waals surface area contributed by atoms with Gasteiger partial charge in [0.1, 0.15) is 13.1 Å². The number of hydrogen-bond acceptors (Lipinski definition) is 13. The predicted octanol–water partition coefficient (Wildman–Crippen LogP) is 19.0. The van der Waals surface area contributed by atoms with Crippen LogP contribution in [0.1, 0.15) is 145 Å². The van der Waals surface area contributed by atoms with Gasteiger partial charge in [0.2, 0.25) is 35.4 Å². The zero-order chi connectivity index (χ0) is 94.5. The summed E-state index contributed by atoms with van der Waals surface area (Å²) in [6, 6.07) is 27.3. The molecule has 4 fully saturated rings. The van der Waals surface area contributed by atoms with Crippen molar-refractivity contribution in [2.24, 2.45) is 17.8 Å². The smallest absolute Gasteiger partial charge is 0.270 e. The Morgan fingerprint density at radius 2 is 1.00 bits per heavy atom. The van der Waals surface area contributed by atoms with Crippen molar-refractivity contribution in [3.8, 4) is 33.4 Å². The fourth-order valence-corrected chi connectivity index (χ4v) is 21.0. The molecule has 133 heavy (non-hydrogen) atoms. The van der Waals surface area contributed by atoms with Crippen molar-refractivity contribution in [2.45, 2.75) is 177 Å². The summed E-state index contributed by atoms with van der Waals surface area (Å²) in [7, 11) is 0. The van der Waals surface area contributed by atoms with Gasteiger partial charge in [-0.25, -0.2) is 0 Å². The SMILES string of the molecule is C=CC(=O)N1CC(CC(=O)Cn2c(C)c(-c3cnccc3C3=CCC(C)CC3)c3cc(Cl)cc(C)c32)C1.C=CC(=O)N1CC(CC(=O)Cn2c(C)c(-c3cnccc3C3=CCCCC3)c3cc(Cl)cc(C)c32)C1.C=CC(=O)N1CC(NC(=O)Cn2c3c(c4cc([N+](=O)[O-])ccc42)CCCC3)C1.C=CC(=O)N1CC(NC(=O)Cn2cc(-c3c(C)ccc(C)c3C=N)c3cc(C)ccc32)C1. The summed E-state index contributed by atoms with van der Waals surface area (Å²) in [4.78, 5) is 125. The quantitative estimate of drug-likeness (QED) is 0.0208. The molecular formula is C107H116Cl2N14O10. The molecule has 688 valence electrons. The summed E-state index contributed by atoms with van der Waals surface area (Å²) < 4.78 is 8.27. The summed E-state index contributed by atoms with van der Waals surface area (Å²) in [5.74, 6) is 0.909. The lowest BCUT2D eigenvalue weighted by atomic mass is 9.85. The number of fused-ring (bicyclic) bond motifs is 6. The van der Waals surface area contributed by atoms with E-state index < -0.39 is 0 Å². The Morgan fingerprint density at radius 1 is 0.504 bits per heavy atom. The van der Waals surface area contributed by atoms with E-state index in [1.807, 2.05) is 89.5 Å². The first-order chi connectivity index (χ1) is 63.9. The molecule has 11 aromatic rings. The molecule has 18 rings (SSSR count). The Hall–Kier alpha value is -13.2. The Bertz CT molecular complexity index is 6630. The standard InChI is InChI=1S/C31H34ClN3O2.C30H32ClN3O2.C26H28N4O2.C20H22N4O4/c1-5-29(37)34-16-22(17-34)13-25(36)18-35-21(4)30(27-14-24(32)12-20(3)31(27)35)28-15-33-11-10-26(28)23-8-6-19(2)7-9-23;1-4-28(36)33-16-21(17-33)13-24(35)18-34-20(3)29(26-14-23(31)12-19(2)30(26)34)27-15-32-11-10-25(27)22-8-6-5-7-9-22;1-5-25(32)30-12-19(13-30)28-24(31)15-29-14-22(20-10-16(2)6-9-23(20)29)26-18(4)8-7-17(3)21(26)11-27;1-2-20(26)22-10-13(11-22)21-19(25)12-23-17-6-4-3-5-15(17)16-9-14(24(27)28)7-8-18(16)23/h5,8,10-12,14-15,19,22H,1,6-7,9,13,16-18H2,2-4H3;4,8,10-12,14-15,21H,1,5-7,9,13,16-18H2,2-3H3;5-11,14,19,27H,1,12-13,15H2,2-4H3,(H,28,31);2,7-9,13H,1,3-6,10-12H2,(H,21,25). The third-order valence-electron chi connectivity index (χ3n) is 27.3. The molecule has 6 aromatic heterocycles. The lowest BCUT2D eigenvalue weighted by molar-refractivity contribution is -0.384. The van der Waals surface area contributed by atoms with Crippen LogP contribution in [-0.2, 0) is 77.4 Å². The molecule has 1 atom stereocenters. The van der Waals surface area contributed by atoms with Crippen LogP contribution in [0, 0.1) is 81.7 Å². The van der Waals surface area contributed by atoms with E-state index in [9.17, 15) is 48.5 Å². The molecule has 0 radical (unpaired) electrons. The maximum absolute atomic E-state index is 13.2. The highest BCUT2D eigenvalue weighted by atomic mass is 35.5. The minimum Gasteiger partial charge on any atom is -0.348 e. The number of likely N-dealkylation sites (tertiary alicyclic amines) is 4. The number of aromatic nitrogens is 6. The van der Waals surface area contributed by atoms with E-state index in [2.05, 4.69) is 141 Å². The second-order valence-electron chi connectivity index (χ2n) is 36.8. The topological polar surface area (TPSA) is 286 Å². The van der Waals surface area contributed by atoms with E-state index in [4.69, 9.17) is 28.6 Å². The van der Waals surface area contributed by atoms with Gasteiger partial charge in [0, 0.05) is 219 Å². The van der Waals surface area contributed by atoms with Gasteiger partial charge in [0.15, 0.2) is 11.6 Å². The zero-order valence-corrected chi connectivity index (χ0v) is 78.7. The van der Waals surface area contributed by atoms with Crippen LogP contribution in [0.3, 0.4) is 0 Å². The molecule has 6 amide bonds. The largest absolute Gasteiger partial charge is 0.348 e. The van der Waals surface area contributed by atoms with Gasteiger partial charge in [-0.2, -0.15) is 0 Å². The number of ketones is 2. The van der Waals surface area contributed by atoms with Crippen molar-refractivity contribution in [2.75, 3.05) is 52.4 Å². The molecule has 26 heteroatoms. The number of nitrogens with one attached hydrogen (secondary N) is 3. The molecular weight excluding hydrogens is 1710 g/mol. The zero-order valence-electron chi connectivity index (χ0n) is 77.2. The number of allylic oxidation sites excluding steroid dienone is 4. The van der Waals surface area contributed by atoms with E-state index in [0.717, 1.165) is 184 Å². The van der Waals surface area contributed by atoms with Crippen molar-refractivity contribution in [3.05, 3.63) is 266 Å². The van der Waals surface area contributed by atoms with Crippen molar-refractivity contribution in [3.63, 3.8) is 0 Å². The number of carbonyl (C=O) groups excluding carboxylic acids is 8. The Morgan fingerprint density at radius 3 is 1.50 bits per heavy atom. The van der Waals surface area contributed by atoms with E-state index >= 15 is 0 Å². The van der Waals surface area contributed by atoms with Gasteiger partial charge in [-0.05, 0) is 260 Å². The molecule has 0 spiro atoms. The number of carbonyl (C=O) groups is 8. The Kier molecular flexibility index (Phi) is 29.0. The van der Waals surface area contributed by atoms with Crippen LogP contribution in [0.15, 0.2) is 179 Å². The van der Waals surface area contributed by atoms with Crippen molar-refractivity contribution < 1.29 is 43.3 Å². The van der Waals surface area contributed by atoms with E-state index in [-0.39, 0.29) is 94.6 Å². The number of benzene rings is 5. The highest BCUT2D eigenvalue weighted by Gasteiger charge is 2.37. The highest BCUT2D eigenvalue weighted by Crippen LogP contribution is 2.46. The number of hydrogen-bond donors (Lipinski definition) is 3. The summed E-state index contributed by atoms with van der Waals surface area (Å²) in [5, 5.41) is 30.6. The van der Waals surface area contributed by atoms with Gasteiger partial charge >= 0.3 is 0 Å². The van der Waals surface area contributed by atoms with Crippen LogP contribution in [0.25, 0.3) is 88.1 Å². The van der Waals surface area contributed by atoms with Gasteiger partial charge in [-0.1, -0.05) is 92.4 Å². The first-order valence-corrected chi connectivity index (χ1v) is 46.8. The van der Waals surface area contributed by atoms with Crippen molar-refractivity contribution in [1.82, 2.24) is 58.5 Å². The van der Waals surface area contributed by atoms with E-state index in [0.29, 0.717) is 94.3 Å². The Labute approximate surface area is 785 Å². The third-order valence-corrected chi connectivity index (χ3v) is 27.8. The first-order valence-electron chi connectivity index (χ1n) is 46.0. The number of nitrogens with zero attached hydrogens (tertiary/aromatic N) is 11. The van der Waals surface area contributed by atoms with Crippen LogP contribution in [0.4, 0.5) is 5.69 Å². The lowest BCUT2D eigenvalue weighted by Crippen LogP contribution is -2.61. The molecule has 24 nitrogen and oxygen atoms in total. The molecule has 3 aliphatic carbocycles. The predicted molar refractivity (Wildman–Crippen MR) is 529 cm³/mol. The Balaban J connectivity index is 0.000000136. The van der Waals surface area contributed by atoms with Gasteiger partial charge in [-0.3, -0.25) is 58.4 Å². The fraction of sp³-hybridized carbons (Fsp3) is 0.355. The minimum absolute atomic E-state index is 0.0292. The summed E-state index contributed by atoms with van der Waals surface area (Å²) in [6.07, 6.45) is 33.8. The van der Waals surface area contributed by atoms with E-state index in [1.54, 1.807) is 31.7 Å². The van der Waals surface area contributed by atoms with Crippen LogP contribution in [0.5, 0.6) is 0 Å². The van der Waals surface area contributed by atoms with Crippen LogP contribution >= 0.6 is 23.2 Å². The van der Waals surface area contributed by atoms with Crippen LogP contribution in [0.2, 0.25) is 10.0 Å². The number of rotatable bonds is 25. The number of non-ortho nitro benzene ring substituents is 1. The summed E-state index contributed by atoms with van der Waals surface area (Å²) in [6.45, 7) is 36.2. The molecule has 5 aromatic carbocycles. The molecule has 10 heterocycles.